The Labute approximate surface area is 187 Å². The number of aromatic nitrogens is 2. The molecule has 1 N–H and O–H groups in total. The third-order valence-corrected chi connectivity index (χ3v) is 6.98. The lowest BCUT2D eigenvalue weighted by Gasteiger charge is -2.17. The molecule has 1 aliphatic rings. The monoisotopic (exact) mass is 459 g/mol. The quantitative estimate of drug-likeness (QED) is 0.337. The van der Waals surface area contributed by atoms with Gasteiger partial charge in [-0.15, -0.1) is 11.3 Å². The minimum Gasteiger partial charge on any atom is -0.337 e. The third-order valence-electron chi connectivity index (χ3n) is 5.28. The van der Waals surface area contributed by atoms with Crippen LogP contribution < -0.4 is 5.32 Å². The van der Waals surface area contributed by atoms with Crippen molar-refractivity contribution in [1.82, 2.24) is 9.97 Å². The minimum absolute atomic E-state index is 0.444. The summed E-state index contributed by atoms with van der Waals surface area (Å²) in [5, 5.41) is 7.79. The summed E-state index contributed by atoms with van der Waals surface area (Å²) in [6, 6.07) is 10.1. The summed E-state index contributed by atoms with van der Waals surface area (Å²) in [7, 11) is 0. The van der Waals surface area contributed by atoms with Crippen LogP contribution in [0, 0.1) is 0 Å². The molecular formula is C22H16Cl3N3S. The van der Waals surface area contributed by atoms with Crippen LogP contribution in [0.15, 0.2) is 42.0 Å². The van der Waals surface area contributed by atoms with Gasteiger partial charge in [0, 0.05) is 16.0 Å². The Morgan fingerprint density at radius 3 is 2.45 bits per heavy atom. The van der Waals surface area contributed by atoms with Crippen molar-refractivity contribution < 1.29 is 0 Å². The van der Waals surface area contributed by atoms with Crippen molar-refractivity contribution in [3.8, 4) is 11.1 Å². The molecule has 146 valence electrons. The van der Waals surface area contributed by atoms with Gasteiger partial charge in [-0.2, -0.15) is 0 Å². The van der Waals surface area contributed by atoms with Crippen LogP contribution in [0.1, 0.15) is 24.0 Å². The number of halogens is 3. The Balaban J connectivity index is 1.63. The van der Waals surface area contributed by atoms with E-state index in [0.29, 0.717) is 26.6 Å². The van der Waals surface area contributed by atoms with Crippen LogP contribution in [-0.2, 0) is 12.8 Å². The van der Waals surface area contributed by atoms with Crippen LogP contribution >= 0.6 is 46.1 Å². The van der Waals surface area contributed by atoms with Crippen molar-refractivity contribution in [1.29, 1.82) is 0 Å². The van der Waals surface area contributed by atoms with Gasteiger partial charge in [-0.05, 0) is 54.5 Å². The maximum atomic E-state index is 6.37. The van der Waals surface area contributed by atoms with E-state index in [4.69, 9.17) is 34.8 Å². The molecule has 0 atom stereocenters. The van der Waals surface area contributed by atoms with Crippen molar-refractivity contribution in [3.05, 3.63) is 68.2 Å². The maximum absolute atomic E-state index is 6.37. The summed E-state index contributed by atoms with van der Waals surface area (Å²) in [5.74, 6) is 0.676. The zero-order valence-corrected chi connectivity index (χ0v) is 18.4. The topological polar surface area (TPSA) is 37.8 Å². The van der Waals surface area contributed by atoms with Crippen LogP contribution in [-0.4, -0.2) is 9.97 Å². The van der Waals surface area contributed by atoms with Gasteiger partial charge in [0.2, 0.25) is 0 Å². The van der Waals surface area contributed by atoms with Gasteiger partial charge < -0.3 is 5.32 Å². The number of anilines is 2. The summed E-state index contributed by atoms with van der Waals surface area (Å²) in [4.78, 5) is 9.86. The van der Waals surface area contributed by atoms with Gasteiger partial charge >= 0.3 is 0 Å². The number of rotatable bonds is 3. The van der Waals surface area contributed by atoms with E-state index in [1.165, 1.54) is 36.0 Å². The molecule has 3 nitrogen and oxygen atoms in total. The van der Waals surface area contributed by atoms with Crippen molar-refractivity contribution >= 4 is 67.9 Å². The van der Waals surface area contributed by atoms with E-state index >= 15 is 0 Å². The Morgan fingerprint density at radius 2 is 1.66 bits per heavy atom. The van der Waals surface area contributed by atoms with Crippen LogP contribution in [0.2, 0.25) is 15.1 Å². The second-order valence-electron chi connectivity index (χ2n) is 7.11. The zero-order chi connectivity index (χ0) is 20.0. The van der Waals surface area contributed by atoms with Crippen molar-refractivity contribution in [2.45, 2.75) is 25.7 Å². The van der Waals surface area contributed by atoms with Crippen LogP contribution in [0.4, 0.5) is 11.5 Å². The zero-order valence-electron chi connectivity index (χ0n) is 15.3. The van der Waals surface area contributed by atoms with Crippen LogP contribution in [0.25, 0.3) is 21.3 Å². The SMILES string of the molecule is Clc1cc(Cl)c(Nc2ncnc3scc(-c4ccc5c(c4)CCCC5)c23)c(Cl)c1. The van der Waals surface area contributed by atoms with E-state index in [-0.39, 0.29) is 0 Å². The maximum Gasteiger partial charge on any atom is 0.143 e. The molecule has 5 rings (SSSR count). The van der Waals surface area contributed by atoms with Gasteiger partial charge in [0.1, 0.15) is 17.0 Å². The normalized spacial score (nSPS) is 13.5. The Bertz CT molecular complexity index is 1210. The number of fused-ring (bicyclic) bond motifs is 2. The summed E-state index contributed by atoms with van der Waals surface area (Å²) >= 11 is 20.4. The lowest BCUT2D eigenvalue weighted by Crippen LogP contribution is -2.02. The number of thiophene rings is 1. The fourth-order valence-corrected chi connectivity index (χ4v) is 5.69. The molecular weight excluding hydrogens is 445 g/mol. The molecule has 0 fully saturated rings. The largest absolute Gasteiger partial charge is 0.337 e. The Hall–Kier alpha value is -1.85. The first-order chi connectivity index (χ1) is 14.1. The van der Waals surface area contributed by atoms with Gasteiger partial charge in [-0.25, -0.2) is 9.97 Å². The molecule has 7 heteroatoms. The second-order valence-corrected chi connectivity index (χ2v) is 9.22. The highest BCUT2D eigenvalue weighted by molar-refractivity contribution is 7.17. The summed E-state index contributed by atoms with van der Waals surface area (Å²) in [6.07, 6.45) is 6.39. The summed E-state index contributed by atoms with van der Waals surface area (Å²) in [5.41, 5.74) is 5.79. The van der Waals surface area contributed by atoms with Crippen LogP contribution in [0.5, 0.6) is 0 Å². The standard InChI is InChI=1S/C22H16Cl3N3S/c23-15-8-17(24)20(18(25)9-15)28-21-19-16(10-29-22(19)27-11-26-21)14-6-5-12-3-1-2-4-13(12)7-14/h5-11H,1-4H2,(H,26,27,28). The number of nitrogens with zero attached hydrogens (tertiary/aromatic N) is 2. The van der Waals surface area contributed by atoms with Crippen molar-refractivity contribution in [3.63, 3.8) is 0 Å². The average Bonchev–Trinajstić information content (AvgIpc) is 3.15. The van der Waals surface area contributed by atoms with Gasteiger partial charge in [-0.3, -0.25) is 0 Å². The molecule has 0 unspecified atom stereocenters. The minimum atomic E-state index is 0.444. The number of aryl methyl sites for hydroxylation is 2. The number of hydrogen-bond acceptors (Lipinski definition) is 4. The van der Waals surface area contributed by atoms with Crippen molar-refractivity contribution in [2.24, 2.45) is 0 Å². The highest BCUT2D eigenvalue weighted by Gasteiger charge is 2.17. The highest BCUT2D eigenvalue weighted by atomic mass is 35.5. The fraction of sp³-hybridized carbons (Fsp3) is 0.182. The number of benzene rings is 2. The smallest absolute Gasteiger partial charge is 0.143 e. The molecule has 2 heterocycles. The average molecular weight is 461 g/mol. The predicted octanol–water partition coefficient (Wildman–Crippen LogP) is 7.94. The molecule has 2 aromatic heterocycles. The number of hydrogen-bond donors (Lipinski definition) is 1. The Kier molecular flexibility index (Phi) is 5.12. The third kappa shape index (κ3) is 3.59. The lowest BCUT2D eigenvalue weighted by atomic mass is 9.89. The summed E-state index contributed by atoms with van der Waals surface area (Å²) in [6.45, 7) is 0. The molecule has 0 spiro atoms. The van der Waals surface area contributed by atoms with E-state index in [2.05, 4.69) is 38.9 Å². The van der Waals surface area contributed by atoms with E-state index < -0.39 is 0 Å². The molecule has 1 aliphatic carbocycles. The summed E-state index contributed by atoms with van der Waals surface area (Å²) < 4.78 is 0. The predicted molar refractivity (Wildman–Crippen MR) is 124 cm³/mol. The molecule has 2 aromatic carbocycles. The van der Waals surface area contributed by atoms with Crippen molar-refractivity contribution in [2.75, 3.05) is 5.32 Å². The van der Waals surface area contributed by atoms with Gasteiger partial charge in [0.25, 0.3) is 0 Å². The van der Waals surface area contributed by atoms with Gasteiger partial charge in [0.15, 0.2) is 0 Å². The first-order valence-electron chi connectivity index (χ1n) is 9.36. The molecule has 29 heavy (non-hydrogen) atoms. The molecule has 0 aliphatic heterocycles. The number of nitrogens with one attached hydrogen (secondary N) is 1. The fourth-order valence-electron chi connectivity index (χ4n) is 3.86. The molecule has 0 radical (unpaired) electrons. The van der Waals surface area contributed by atoms with E-state index in [0.717, 1.165) is 22.2 Å². The Morgan fingerprint density at radius 1 is 0.897 bits per heavy atom. The van der Waals surface area contributed by atoms with Gasteiger partial charge in [0.05, 0.1) is 21.1 Å². The van der Waals surface area contributed by atoms with Crippen LogP contribution in [0.3, 0.4) is 0 Å². The second kappa shape index (κ2) is 7.77. The van der Waals surface area contributed by atoms with Gasteiger partial charge in [-0.1, -0.05) is 53.0 Å². The first-order valence-corrected chi connectivity index (χ1v) is 11.4. The molecule has 0 bridgehead atoms. The molecule has 4 aromatic rings. The van der Waals surface area contributed by atoms with E-state index in [1.807, 2.05) is 0 Å². The molecule has 0 saturated heterocycles. The first kappa shape index (κ1) is 19.1. The van der Waals surface area contributed by atoms with E-state index in [9.17, 15) is 0 Å². The highest BCUT2D eigenvalue weighted by Crippen LogP contribution is 2.41. The molecule has 0 amide bonds. The lowest BCUT2D eigenvalue weighted by molar-refractivity contribution is 0.686. The van der Waals surface area contributed by atoms with E-state index in [1.54, 1.807) is 29.8 Å². The molecule has 0 saturated carbocycles.